The Hall–Kier alpha value is -3.03. The normalized spacial score (nSPS) is 18.6. The van der Waals surface area contributed by atoms with Crippen LogP contribution in [0.3, 0.4) is 0 Å². The first-order chi connectivity index (χ1) is 14.6. The van der Waals surface area contributed by atoms with Gasteiger partial charge in [-0.05, 0) is 43.9 Å². The third-order valence-corrected chi connectivity index (χ3v) is 6.02. The van der Waals surface area contributed by atoms with Crippen LogP contribution in [-0.2, 0) is 7.05 Å². The van der Waals surface area contributed by atoms with Crippen molar-refractivity contribution in [3.63, 3.8) is 0 Å². The van der Waals surface area contributed by atoms with E-state index in [1.54, 1.807) is 23.9 Å². The Morgan fingerprint density at radius 1 is 1.03 bits per heavy atom. The number of aromatic nitrogens is 5. The van der Waals surface area contributed by atoms with E-state index >= 15 is 0 Å². The second-order valence-corrected chi connectivity index (χ2v) is 7.98. The van der Waals surface area contributed by atoms with Gasteiger partial charge in [-0.1, -0.05) is 24.3 Å². The SMILES string of the molecule is Cl.Cn1c(=O)cc(-n2nc(-c3ccccn3)nc2C2CCC(N)CC2)c2ccccc21. The molecule has 5 rings (SSSR count). The molecular weight excluding hydrogens is 412 g/mol. The number of hydrogen-bond donors (Lipinski definition) is 1. The summed E-state index contributed by atoms with van der Waals surface area (Å²) in [5.41, 5.74) is 8.41. The lowest BCUT2D eigenvalue weighted by Crippen LogP contribution is -2.27. The molecule has 4 aromatic rings. The van der Waals surface area contributed by atoms with Crippen molar-refractivity contribution in [3.8, 4) is 17.2 Å². The van der Waals surface area contributed by atoms with Crippen molar-refractivity contribution in [1.29, 1.82) is 0 Å². The Morgan fingerprint density at radius 2 is 1.77 bits per heavy atom. The van der Waals surface area contributed by atoms with E-state index in [4.69, 9.17) is 15.8 Å². The van der Waals surface area contributed by atoms with Gasteiger partial charge in [-0.2, -0.15) is 0 Å². The maximum Gasteiger partial charge on any atom is 0.252 e. The standard InChI is InChI=1S/C23H24N6O.ClH/c1-28-19-8-3-2-6-17(19)20(14-21(28)30)29-23(15-9-11-16(24)12-10-15)26-22(27-29)18-7-4-5-13-25-18;/h2-8,13-16H,9-12,24H2,1H3;1H. The Kier molecular flexibility index (Phi) is 5.89. The van der Waals surface area contributed by atoms with Crippen molar-refractivity contribution in [1.82, 2.24) is 24.3 Å². The van der Waals surface area contributed by atoms with Crippen LogP contribution in [0.4, 0.5) is 0 Å². The van der Waals surface area contributed by atoms with Crippen LogP contribution >= 0.6 is 12.4 Å². The molecule has 0 atom stereocenters. The van der Waals surface area contributed by atoms with E-state index < -0.39 is 0 Å². The van der Waals surface area contributed by atoms with Crippen LogP contribution in [0.2, 0.25) is 0 Å². The zero-order valence-electron chi connectivity index (χ0n) is 17.3. The topological polar surface area (TPSA) is 91.6 Å². The number of fused-ring (bicyclic) bond motifs is 1. The predicted molar refractivity (Wildman–Crippen MR) is 124 cm³/mol. The van der Waals surface area contributed by atoms with Crippen LogP contribution in [0.1, 0.15) is 37.4 Å². The molecule has 7 nitrogen and oxygen atoms in total. The summed E-state index contributed by atoms with van der Waals surface area (Å²) in [6.07, 6.45) is 5.60. The molecule has 2 N–H and O–H groups in total. The minimum Gasteiger partial charge on any atom is -0.328 e. The monoisotopic (exact) mass is 436 g/mol. The number of aryl methyl sites for hydroxylation is 1. The van der Waals surface area contributed by atoms with Crippen LogP contribution in [0, 0.1) is 0 Å². The lowest BCUT2D eigenvalue weighted by molar-refractivity contribution is 0.381. The van der Waals surface area contributed by atoms with Gasteiger partial charge in [0.2, 0.25) is 0 Å². The number of pyridine rings is 2. The highest BCUT2D eigenvalue weighted by molar-refractivity contribution is 5.87. The first kappa shape index (κ1) is 21.2. The average molecular weight is 437 g/mol. The van der Waals surface area contributed by atoms with Gasteiger partial charge in [0, 0.05) is 36.7 Å². The van der Waals surface area contributed by atoms with Crippen molar-refractivity contribution in [2.45, 2.75) is 37.6 Å². The molecule has 0 radical (unpaired) electrons. The fourth-order valence-electron chi connectivity index (χ4n) is 4.31. The third-order valence-electron chi connectivity index (χ3n) is 6.02. The van der Waals surface area contributed by atoms with Gasteiger partial charge in [-0.25, -0.2) is 9.67 Å². The summed E-state index contributed by atoms with van der Waals surface area (Å²) in [5, 5.41) is 5.79. The number of nitrogens with two attached hydrogens (primary N) is 1. The van der Waals surface area contributed by atoms with Crippen molar-refractivity contribution in [3.05, 3.63) is 70.9 Å². The molecule has 3 aromatic heterocycles. The van der Waals surface area contributed by atoms with Crippen LogP contribution < -0.4 is 11.3 Å². The molecule has 3 heterocycles. The highest BCUT2D eigenvalue weighted by Crippen LogP contribution is 2.34. The minimum absolute atomic E-state index is 0. The summed E-state index contributed by atoms with van der Waals surface area (Å²) < 4.78 is 3.52. The first-order valence-corrected chi connectivity index (χ1v) is 10.3. The Morgan fingerprint density at radius 3 is 2.52 bits per heavy atom. The minimum atomic E-state index is -0.0739. The predicted octanol–water partition coefficient (Wildman–Crippen LogP) is 3.59. The molecule has 1 aliphatic rings. The van der Waals surface area contributed by atoms with Gasteiger partial charge in [0.05, 0.1) is 11.2 Å². The quantitative estimate of drug-likeness (QED) is 0.529. The second-order valence-electron chi connectivity index (χ2n) is 7.98. The van der Waals surface area contributed by atoms with Gasteiger partial charge < -0.3 is 10.3 Å². The summed E-state index contributed by atoms with van der Waals surface area (Å²) in [6, 6.07) is 15.5. The summed E-state index contributed by atoms with van der Waals surface area (Å²) in [5.74, 6) is 1.70. The summed E-state index contributed by atoms with van der Waals surface area (Å²) in [6.45, 7) is 0. The van der Waals surface area contributed by atoms with Gasteiger partial charge in [0.25, 0.3) is 5.56 Å². The zero-order valence-corrected chi connectivity index (χ0v) is 18.1. The van der Waals surface area contributed by atoms with E-state index in [0.29, 0.717) is 5.82 Å². The molecule has 0 saturated heterocycles. The molecule has 0 bridgehead atoms. The fraction of sp³-hybridized carbons (Fsp3) is 0.304. The number of hydrogen-bond acceptors (Lipinski definition) is 5. The summed E-state index contributed by atoms with van der Waals surface area (Å²) >= 11 is 0. The summed E-state index contributed by atoms with van der Waals surface area (Å²) in [7, 11) is 1.79. The highest BCUT2D eigenvalue weighted by Gasteiger charge is 2.27. The summed E-state index contributed by atoms with van der Waals surface area (Å²) in [4.78, 5) is 22.0. The molecule has 1 aromatic carbocycles. The van der Waals surface area contributed by atoms with E-state index in [-0.39, 0.29) is 29.9 Å². The maximum atomic E-state index is 12.7. The van der Waals surface area contributed by atoms with E-state index in [1.807, 2.05) is 47.1 Å². The van der Waals surface area contributed by atoms with Crippen LogP contribution in [0.25, 0.3) is 28.1 Å². The van der Waals surface area contributed by atoms with E-state index in [2.05, 4.69) is 4.98 Å². The van der Waals surface area contributed by atoms with Crippen molar-refractivity contribution in [2.75, 3.05) is 0 Å². The second kappa shape index (κ2) is 8.61. The zero-order chi connectivity index (χ0) is 20.7. The molecule has 1 saturated carbocycles. The number of nitrogens with zero attached hydrogens (tertiary/aromatic N) is 5. The molecule has 1 fully saturated rings. The van der Waals surface area contributed by atoms with Gasteiger partial charge in [-0.3, -0.25) is 9.78 Å². The molecule has 31 heavy (non-hydrogen) atoms. The average Bonchev–Trinajstić information content (AvgIpc) is 3.23. The fourth-order valence-corrected chi connectivity index (χ4v) is 4.31. The molecule has 160 valence electrons. The molecule has 0 aliphatic heterocycles. The molecule has 0 unspecified atom stereocenters. The highest BCUT2D eigenvalue weighted by atomic mass is 35.5. The van der Waals surface area contributed by atoms with Crippen LogP contribution in [-0.4, -0.2) is 30.4 Å². The van der Waals surface area contributed by atoms with Gasteiger partial charge in [-0.15, -0.1) is 17.5 Å². The largest absolute Gasteiger partial charge is 0.328 e. The first-order valence-electron chi connectivity index (χ1n) is 10.3. The molecule has 0 spiro atoms. The number of rotatable bonds is 3. The van der Waals surface area contributed by atoms with Gasteiger partial charge in [0.15, 0.2) is 5.82 Å². The maximum absolute atomic E-state index is 12.7. The van der Waals surface area contributed by atoms with Crippen molar-refractivity contribution in [2.24, 2.45) is 12.8 Å². The Balaban J connectivity index is 0.00000231. The molecule has 8 heteroatoms. The Labute approximate surface area is 186 Å². The van der Waals surface area contributed by atoms with Crippen molar-refractivity contribution < 1.29 is 0 Å². The number of benzene rings is 1. The van der Waals surface area contributed by atoms with E-state index in [1.165, 1.54) is 0 Å². The van der Waals surface area contributed by atoms with Crippen LogP contribution in [0.15, 0.2) is 59.5 Å². The smallest absolute Gasteiger partial charge is 0.252 e. The molecule has 1 aliphatic carbocycles. The molecule has 0 amide bonds. The molecular formula is C23H25ClN6O. The van der Waals surface area contributed by atoms with Crippen molar-refractivity contribution >= 4 is 23.3 Å². The lowest BCUT2D eigenvalue weighted by Gasteiger charge is -2.25. The van der Waals surface area contributed by atoms with Gasteiger partial charge in [0.1, 0.15) is 11.5 Å². The van der Waals surface area contributed by atoms with E-state index in [0.717, 1.165) is 53.8 Å². The lowest BCUT2D eigenvalue weighted by atomic mass is 9.86. The third kappa shape index (κ3) is 3.86. The van der Waals surface area contributed by atoms with Gasteiger partial charge >= 0.3 is 0 Å². The number of para-hydroxylation sites is 1. The number of halogens is 1. The van der Waals surface area contributed by atoms with Crippen LogP contribution in [0.5, 0.6) is 0 Å². The Bertz CT molecular complexity index is 1260. The van der Waals surface area contributed by atoms with E-state index in [9.17, 15) is 4.79 Å².